The molecule has 0 heterocycles. The lowest BCUT2D eigenvalue weighted by atomic mass is 10.2. The average Bonchev–Trinajstić information content (AvgIpc) is 2.29. The number of nitrogens with two attached hydrogens (primary N) is 1. The Morgan fingerprint density at radius 3 is 2.17 bits per heavy atom. The van der Waals surface area contributed by atoms with Crippen molar-refractivity contribution >= 4 is 17.1 Å². The van der Waals surface area contributed by atoms with Crippen LogP contribution in [-0.4, -0.2) is 0 Å². The molecule has 0 amide bonds. The molecule has 5 heteroatoms. The molecule has 3 N–H and O–H groups in total. The Balaban J connectivity index is 2.34. The maximum Gasteiger partial charge on any atom is 0.194 e. The fourth-order valence-corrected chi connectivity index (χ4v) is 1.58. The SMILES string of the molecule is Cc1ccc(Nc2cc(F)c(F)c(F)c2)c(N)c1. The smallest absolute Gasteiger partial charge is 0.194 e. The van der Waals surface area contributed by atoms with Gasteiger partial charge in [0, 0.05) is 17.8 Å². The molecule has 0 spiro atoms. The van der Waals surface area contributed by atoms with E-state index >= 15 is 0 Å². The Morgan fingerprint density at radius 1 is 1.00 bits per heavy atom. The third kappa shape index (κ3) is 2.40. The lowest BCUT2D eigenvalue weighted by Crippen LogP contribution is -1.99. The summed E-state index contributed by atoms with van der Waals surface area (Å²) in [5.41, 5.74) is 7.77. The first-order chi connectivity index (χ1) is 8.47. The number of nitrogen functional groups attached to an aromatic ring is 1. The average molecular weight is 252 g/mol. The van der Waals surface area contributed by atoms with Crippen LogP contribution in [0.25, 0.3) is 0 Å². The second-order valence-corrected chi connectivity index (χ2v) is 3.97. The summed E-state index contributed by atoms with van der Waals surface area (Å²) in [7, 11) is 0. The van der Waals surface area contributed by atoms with Crippen LogP contribution in [-0.2, 0) is 0 Å². The molecule has 18 heavy (non-hydrogen) atoms. The summed E-state index contributed by atoms with van der Waals surface area (Å²) in [5.74, 6) is -3.98. The van der Waals surface area contributed by atoms with Crippen molar-refractivity contribution in [1.29, 1.82) is 0 Å². The number of benzene rings is 2. The van der Waals surface area contributed by atoms with Crippen molar-refractivity contribution in [2.75, 3.05) is 11.1 Å². The number of aryl methyl sites for hydroxylation is 1. The number of halogens is 3. The predicted molar refractivity (Wildman–Crippen MR) is 65.2 cm³/mol. The Hall–Kier alpha value is -2.17. The summed E-state index contributed by atoms with van der Waals surface area (Å²) in [6, 6.07) is 6.95. The van der Waals surface area contributed by atoms with E-state index in [1.165, 1.54) is 0 Å². The number of nitrogens with one attached hydrogen (secondary N) is 1. The van der Waals surface area contributed by atoms with Gasteiger partial charge in [0.25, 0.3) is 0 Å². The molecule has 2 rings (SSSR count). The Bertz CT molecular complexity index is 574. The van der Waals surface area contributed by atoms with Gasteiger partial charge < -0.3 is 11.1 Å². The van der Waals surface area contributed by atoms with E-state index in [9.17, 15) is 13.2 Å². The fraction of sp³-hybridized carbons (Fsp3) is 0.0769. The summed E-state index contributed by atoms with van der Waals surface area (Å²) in [4.78, 5) is 0. The van der Waals surface area contributed by atoms with Crippen LogP contribution < -0.4 is 11.1 Å². The molecule has 2 aromatic rings. The van der Waals surface area contributed by atoms with Gasteiger partial charge in [-0.15, -0.1) is 0 Å². The van der Waals surface area contributed by atoms with Gasteiger partial charge in [-0.05, 0) is 24.6 Å². The third-order valence-electron chi connectivity index (χ3n) is 2.47. The minimum absolute atomic E-state index is 0.0990. The van der Waals surface area contributed by atoms with Crippen LogP contribution in [0.5, 0.6) is 0 Å². The first-order valence-corrected chi connectivity index (χ1v) is 5.25. The Morgan fingerprint density at radius 2 is 1.61 bits per heavy atom. The van der Waals surface area contributed by atoms with Crippen molar-refractivity contribution in [2.24, 2.45) is 0 Å². The number of rotatable bonds is 2. The molecule has 0 aliphatic heterocycles. The highest BCUT2D eigenvalue weighted by Gasteiger charge is 2.11. The van der Waals surface area contributed by atoms with E-state index in [0.29, 0.717) is 11.4 Å². The zero-order chi connectivity index (χ0) is 13.3. The number of hydrogen-bond donors (Lipinski definition) is 2. The van der Waals surface area contributed by atoms with Crippen molar-refractivity contribution in [3.63, 3.8) is 0 Å². The highest BCUT2D eigenvalue weighted by molar-refractivity contribution is 5.73. The van der Waals surface area contributed by atoms with Gasteiger partial charge in [-0.3, -0.25) is 0 Å². The highest BCUT2D eigenvalue weighted by Crippen LogP contribution is 2.26. The normalized spacial score (nSPS) is 10.4. The largest absolute Gasteiger partial charge is 0.397 e. The Labute approximate surface area is 102 Å². The molecule has 94 valence electrons. The van der Waals surface area contributed by atoms with Gasteiger partial charge in [0.2, 0.25) is 0 Å². The minimum Gasteiger partial charge on any atom is -0.397 e. The molecule has 0 atom stereocenters. The van der Waals surface area contributed by atoms with E-state index in [4.69, 9.17) is 5.73 Å². The van der Waals surface area contributed by atoms with E-state index in [-0.39, 0.29) is 5.69 Å². The maximum absolute atomic E-state index is 13.0. The molecule has 2 nitrogen and oxygen atoms in total. The van der Waals surface area contributed by atoms with Crippen molar-refractivity contribution in [1.82, 2.24) is 0 Å². The van der Waals surface area contributed by atoms with Crippen molar-refractivity contribution < 1.29 is 13.2 Å². The van der Waals surface area contributed by atoms with E-state index in [1.807, 2.05) is 6.92 Å². The third-order valence-corrected chi connectivity index (χ3v) is 2.47. The first kappa shape index (κ1) is 12.3. The summed E-state index contributed by atoms with van der Waals surface area (Å²) in [5, 5.41) is 2.74. The van der Waals surface area contributed by atoms with Gasteiger partial charge >= 0.3 is 0 Å². The van der Waals surface area contributed by atoms with Crippen LogP contribution in [0.1, 0.15) is 5.56 Å². The predicted octanol–water partition coefficient (Wildman–Crippen LogP) is 3.74. The number of hydrogen-bond acceptors (Lipinski definition) is 2. The second kappa shape index (κ2) is 4.60. The van der Waals surface area contributed by atoms with Crippen molar-refractivity contribution in [3.05, 3.63) is 53.3 Å². The first-order valence-electron chi connectivity index (χ1n) is 5.25. The fourth-order valence-electron chi connectivity index (χ4n) is 1.58. The van der Waals surface area contributed by atoms with Crippen LogP contribution in [0.15, 0.2) is 30.3 Å². The van der Waals surface area contributed by atoms with Crippen molar-refractivity contribution in [2.45, 2.75) is 6.92 Å². The number of anilines is 3. The van der Waals surface area contributed by atoms with Crippen LogP contribution in [0.3, 0.4) is 0 Å². The molecule has 2 aromatic carbocycles. The summed E-state index contributed by atoms with van der Waals surface area (Å²) in [6.45, 7) is 1.87. The highest BCUT2D eigenvalue weighted by atomic mass is 19.2. The van der Waals surface area contributed by atoms with E-state index in [0.717, 1.165) is 17.7 Å². The van der Waals surface area contributed by atoms with Crippen LogP contribution in [0, 0.1) is 24.4 Å². The second-order valence-electron chi connectivity index (χ2n) is 3.97. The van der Waals surface area contributed by atoms with Crippen LogP contribution in [0.4, 0.5) is 30.2 Å². The summed E-state index contributed by atoms with van der Waals surface area (Å²) >= 11 is 0. The van der Waals surface area contributed by atoms with Gasteiger partial charge in [0.15, 0.2) is 17.5 Å². The molecule has 0 saturated heterocycles. The molecule has 0 aromatic heterocycles. The lowest BCUT2D eigenvalue weighted by molar-refractivity contribution is 0.448. The van der Waals surface area contributed by atoms with E-state index in [2.05, 4.69) is 5.32 Å². The van der Waals surface area contributed by atoms with Crippen LogP contribution in [0.2, 0.25) is 0 Å². The van der Waals surface area contributed by atoms with E-state index < -0.39 is 17.5 Å². The molecule has 0 radical (unpaired) electrons. The van der Waals surface area contributed by atoms with Crippen LogP contribution >= 0.6 is 0 Å². The van der Waals surface area contributed by atoms with Gasteiger partial charge in [-0.25, -0.2) is 13.2 Å². The summed E-state index contributed by atoms with van der Waals surface area (Å²) in [6.07, 6.45) is 0. The molecule has 0 aliphatic carbocycles. The molecule has 0 unspecified atom stereocenters. The van der Waals surface area contributed by atoms with Crippen molar-refractivity contribution in [3.8, 4) is 0 Å². The minimum atomic E-state index is -1.49. The summed E-state index contributed by atoms with van der Waals surface area (Å²) < 4.78 is 38.8. The lowest BCUT2D eigenvalue weighted by Gasteiger charge is -2.10. The van der Waals surface area contributed by atoms with Gasteiger partial charge in [-0.1, -0.05) is 6.07 Å². The van der Waals surface area contributed by atoms with Gasteiger partial charge in [0.1, 0.15) is 0 Å². The standard InChI is InChI=1S/C13H11F3N2/c1-7-2-3-12(11(17)4-7)18-8-5-9(14)13(16)10(15)6-8/h2-6,18H,17H2,1H3. The van der Waals surface area contributed by atoms with Gasteiger partial charge in [0.05, 0.1) is 11.4 Å². The monoisotopic (exact) mass is 252 g/mol. The molecular formula is C13H11F3N2. The Kier molecular flexibility index (Phi) is 3.14. The maximum atomic E-state index is 13.0. The molecule has 0 aliphatic rings. The molecular weight excluding hydrogens is 241 g/mol. The molecule has 0 fully saturated rings. The molecule has 0 saturated carbocycles. The zero-order valence-corrected chi connectivity index (χ0v) is 9.60. The zero-order valence-electron chi connectivity index (χ0n) is 9.60. The topological polar surface area (TPSA) is 38.0 Å². The van der Waals surface area contributed by atoms with Gasteiger partial charge in [-0.2, -0.15) is 0 Å². The van der Waals surface area contributed by atoms with E-state index in [1.54, 1.807) is 18.2 Å². The quantitative estimate of drug-likeness (QED) is 0.631. The molecule has 0 bridgehead atoms.